The molecule has 126 valence electrons. The number of pyridine rings is 1. The van der Waals surface area contributed by atoms with Crippen LogP contribution in [0.2, 0.25) is 0 Å². The number of rotatable bonds is 2. The molecule has 6 nitrogen and oxygen atoms in total. The van der Waals surface area contributed by atoms with Crippen LogP contribution in [0.3, 0.4) is 0 Å². The number of nitrogens with zero attached hydrogens (tertiary/aromatic N) is 1. The first-order chi connectivity index (χ1) is 11.8. The van der Waals surface area contributed by atoms with Crippen molar-refractivity contribution in [2.24, 2.45) is 5.73 Å². The number of ketones is 1. The second kappa shape index (κ2) is 5.95. The van der Waals surface area contributed by atoms with Gasteiger partial charge in [-0.25, -0.2) is 0 Å². The molecule has 0 aliphatic carbocycles. The smallest absolute Gasteiger partial charge is 0.252 e. The van der Waals surface area contributed by atoms with Gasteiger partial charge >= 0.3 is 0 Å². The number of benzene rings is 1. The number of fused-ring (bicyclic) bond motifs is 1. The minimum absolute atomic E-state index is 0.0632. The summed E-state index contributed by atoms with van der Waals surface area (Å²) in [6.07, 6.45) is 0. The first-order valence-corrected chi connectivity index (χ1v) is 7.77. The lowest BCUT2D eigenvalue weighted by molar-refractivity contribution is -0.114. The topological polar surface area (TPSA) is 109 Å². The Kier molecular flexibility index (Phi) is 3.93. The SMILES string of the molecule is CC(=O)C1=C(C)OC(N)=C(C#N)C1c1cc2cccc(C)c2[nH]c1=O. The van der Waals surface area contributed by atoms with Gasteiger partial charge in [0.05, 0.1) is 11.4 Å². The van der Waals surface area contributed by atoms with Crippen molar-refractivity contribution in [3.63, 3.8) is 0 Å². The van der Waals surface area contributed by atoms with Crippen LogP contribution in [-0.4, -0.2) is 10.8 Å². The maximum Gasteiger partial charge on any atom is 0.252 e. The number of aromatic nitrogens is 1. The molecule has 1 aliphatic rings. The standard InChI is InChI=1S/C19H17N3O3/c1-9-5-4-6-12-7-13(19(24)22-17(9)12)16-14(8-20)18(21)25-11(3)15(16)10(2)23/h4-7,16H,21H2,1-3H3,(H,22,24). The summed E-state index contributed by atoms with van der Waals surface area (Å²) < 4.78 is 5.34. The van der Waals surface area contributed by atoms with Crippen LogP contribution in [0.5, 0.6) is 0 Å². The van der Waals surface area contributed by atoms with Crippen LogP contribution in [0.1, 0.15) is 30.9 Å². The largest absolute Gasteiger partial charge is 0.445 e. The number of hydrogen-bond donors (Lipinski definition) is 2. The van der Waals surface area contributed by atoms with Gasteiger partial charge in [0.15, 0.2) is 5.78 Å². The molecule has 2 aromatic rings. The van der Waals surface area contributed by atoms with Gasteiger partial charge in [-0.1, -0.05) is 18.2 Å². The fraction of sp³-hybridized carbons (Fsp3) is 0.211. The number of ether oxygens (including phenoxy) is 1. The average Bonchev–Trinajstić information content (AvgIpc) is 2.54. The van der Waals surface area contributed by atoms with Crippen molar-refractivity contribution in [3.8, 4) is 6.07 Å². The van der Waals surface area contributed by atoms with E-state index in [1.165, 1.54) is 6.92 Å². The quantitative estimate of drug-likeness (QED) is 0.876. The molecular weight excluding hydrogens is 318 g/mol. The Morgan fingerprint density at radius 1 is 1.36 bits per heavy atom. The van der Waals surface area contributed by atoms with Crippen LogP contribution in [-0.2, 0) is 9.53 Å². The Labute approximate surface area is 144 Å². The van der Waals surface area contributed by atoms with Crippen LogP contribution in [0.15, 0.2) is 51.8 Å². The van der Waals surface area contributed by atoms with Crippen molar-refractivity contribution in [2.75, 3.05) is 0 Å². The Bertz CT molecular complexity index is 1070. The molecule has 6 heteroatoms. The van der Waals surface area contributed by atoms with E-state index in [0.29, 0.717) is 11.3 Å². The van der Waals surface area contributed by atoms with Gasteiger partial charge in [-0.05, 0) is 37.8 Å². The number of allylic oxidation sites excluding steroid dienone is 3. The fourth-order valence-corrected chi connectivity index (χ4v) is 3.26. The Balaban J connectivity index is 2.35. The minimum atomic E-state index is -0.843. The Morgan fingerprint density at radius 2 is 2.08 bits per heavy atom. The van der Waals surface area contributed by atoms with E-state index >= 15 is 0 Å². The van der Waals surface area contributed by atoms with Crippen molar-refractivity contribution in [3.05, 3.63) is 68.5 Å². The van der Waals surface area contributed by atoms with Crippen LogP contribution < -0.4 is 11.3 Å². The van der Waals surface area contributed by atoms with Crippen LogP contribution in [0.4, 0.5) is 0 Å². The number of carbonyl (C=O) groups excluding carboxylic acids is 1. The lowest BCUT2D eigenvalue weighted by atomic mass is 9.81. The van der Waals surface area contributed by atoms with E-state index < -0.39 is 5.92 Å². The van der Waals surface area contributed by atoms with Crippen LogP contribution in [0.25, 0.3) is 10.9 Å². The van der Waals surface area contributed by atoms with E-state index in [2.05, 4.69) is 4.98 Å². The predicted molar refractivity (Wildman–Crippen MR) is 93.3 cm³/mol. The molecule has 2 heterocycles. The number of para-hydroxylation sites is 1. The summed E-state index contributed by atoms with van der Waals surface area (Å²) in [5.74, 6) is -0.895. The number of H-pyrrole nitrogens is 1. The van der Waals surface area contributed by atoms with Gasteiger partial charge in [0, 0.05) is 11.1 Å². The van der Waals surface area contributed by atoms with Gasteiger partial charge < -0.3 is 15.5 Å². The van der Waals surface area contributed by atoms with E-state index in [1.807, 2.05) is 31.2 Å². The summed E-state index contributed by atoms with van der Waals surface area (Å²) in [4.78, 5) is 27.7. The van der Waals surface area contributed by atoms with Gasteiger partial charge in [-0.3, -0.25) is 9.59 Å². The van der Waals surface area contributed by atoms with E-state index in [1.54, 1.807) is 13.0 Å². The molecule has 1 aromatic carbocycles. The molecule has 0 bridgehead atoms. The van der Waals surface area contributed by atoms with Crippen molar-refractivity contribution in [1.29, 1.82) is 5.26 Å². The Morgan fingerprint density at radius 3 is 2.72 bits per heavy atom. The van der Waals surface area contributed by atoms with E-state index in [0.717, 1.165) is 16.5 Å². The van der Waals surface area contributed by atoms with Crippen molar-refractivity contribution < 1.29 is 9.53 Å². The highest BCUT2D eigenvalue weighted by molar-refractivity contribution is 5.97. The number of nitrogens with one attached hydrogen (secondary N) is 1. The Hall–Kier alpha value is -3.33. The third kappa shape index (κ3) is 2.60. The lowest BCUT2D eigenvalue weighted by Gasteiger charge is -2.26. The summed E-state index contributed by atoms with van der Waals surface area (Å²) in [6, 6.07) is 9.34. The fourth-order valence-electron chi connectivity index (χ4n) is 3.26. The number of hydrogen-bond acceptors (Lipinski definition) is 5. The number of nitrogens with two attached hydrogens (primary N) is 1. The molecule has 1 aliphatic heterocycles. The number of Topliss-reactive ketones (excluding diaryl/α,β-unsaturated/α-hetero) is 1. The monoisotopic (exact) mass is 335 g/mol. The molecule has 25 heavy (non-hydrogen) atoms. The summed E-state index contributed by atoms with van der Waals surface area (Å²) in [5.41, 5.74) is 7.76. The highest BCUT2D eigenvalue weighted by Crippen LogP contribution is 2.38. The number of aromatic amines is 1. The highest BCUT2D eigenvalue weighted by Gasteiger charge is 2.35. The zero-order chi connectivity index (χ0) is 18.3. The second-order valence-corrected chi connectivity index (χ2v) is 6.04. The first kappa shape index (κ1) is 16.5. The van der Waals surface area contributed by atoms with Gasteiger partial charge in [-0.15, -0.1) is 0 Å². The zero-order valence-electron chi connectivity index (χ0n) is 14.1. The third-order valence-corrected chi connectivity index (χ3v) is 4.41. The van der Waals surface area contributed by atoms with E-state index in [9.17, 15) is 14.9 Å². The maximum atomic E-state index is 12.7. The molecule has 0 amide bonds. The van der Waals surface area contributed by atoms with Crippen molar-refractivity contribution in [1.82, 2.24) is 4.98 Å². The molecule has 0 fully saturated rings. The highest BCUT2D eigenvalue weighted by atomic mass is 16.5. The summed E-state index contributed by atoms with van der Waals surface area (Å²) in [5, 5.41) is 10.3. The molecule has 0 saturated carbocycles. The molecule has 1 aromatic heterocycles. The lowest BCUT2D eigenvalue weighted by Crippen LogP contribution is -2.27. The minimum Gasteiger partial charge on any atom is -0.445 e. The maximum absolute atomic E-state index is 12.7. The van der Waals surface area contributed by atoms with Gasteiger partial charge in [0.25, 0.3) is 5.56 Å². The normalized spacial score (nSPS) is 17.4. The molecule has 1 unspecified atom stereocenters. The predicted octanol–water partition coefficient (Wildman–Crippen LogP) is 2.51. The van der Waals surface area contributed by atoms with Crippen LogP contribution >= 0.6 is 0 Å². The molecule has 1 atom stereocenters. The van der Waals surface area contributed by atoms with E-state index in [-0.39, 0.29) is 28.4 Å². The molecular formula is C19H17N3O3. The van der Waals surface area contributed by atoms with Crippen molar-refractivity contribution >= 4 is 16.7 Å². The number of aryl methyl sites for hydroxylation is 1. The molecule has 3 N–H and O–H groups in total. The molecule has 0 radical (unpaired) electrons. The third-order valence-electron chi connectivity index (χ3n) is 4.41. The van der Waals surface area contributed by atoms with Crippen LogP contribution in [0, 0.1) is 18.3 Å². The van der Waals surface area contributed by atoms with Crippen molar-refractivity contribution in [2.45, 2.75) is 26.7 Å². The molecule has 0 spiro atoms. The summed E-state index contributed by atoms with van der Waals surface area (Å²) in [6.45, 7) is 4.88. The summed E-state index contributed by atoms with van der Waals surface area (Å²) >= 11 is 0. The second-order valence-electron chi connectivity index (χ2n) is 6.04. The number of nitriles is 1. The van der Waals surface area contributed by atoms with Gasteiger partial charge in [-0.2, -0.15) is 5.26 Å². The summed E-state index contributed by atoms with van der Waals surface area (Å²) in [7, 11) is 0. The van der Waals surface area contributed by atoms with E-state index in [4.69, 9.17) is 10.5 Å². The average molecular weight is 335 g/mol. The molecule has 3 rings (SSSR count). The number of carbonyl (C=O) groups is 1. The van der Waals surface area contributed by atoms with Gasteiger partial charge in [0.2, 0.25) is 5.88 Å². The zero-order valence-corrected chi connectivity index (χ0v) is 14.1. The van der Waals surface area contributed by atoms with Gasteiger partial charge in [0.1, 0.15) is 17.4 Å². The first-order valence-electron chi connectivity index (χ1n) is 7.77. The molecule has 0 saturated heterocycles.